The molecule has 2 unspecified atom stereocenters. The third kappa shape index (κ3) is 4.35. The van der Waals surface area contributed by atoms with E-state index in [1.807, 2.05) is 0 Å². The van der Waals surface area contributed by atoms with E-state index in [0.717, 1.165) is 5.56 Å². The van der Waals surface area contributed by atoms with Gasteiger partial charge in [-0.2, -0.15) is 0 Å². The Morgan fingerprint density at radius 1 is 1.30 bits per heavy atom. The van der Waals surface area contributed by atoms with Crippen molar-refractivity contribution in [2.45, 2.75) is 31.2 Å². The van der Waals surface area contributed by atoms with E-state index < -0.39 is 21.4 Å². The standard InChI is InChI=1S/C13H20FNO4S/c1-9(14)13(20(15,16)17)7-5-10-4-6-11(18-2)8-12(10)19-3/h4,6,8-9,13H,5,7H2,1-3H3,(H2,15,16,17). The Bertz CT molecular complexity index is 545. The van der Waals surface area contributed by atoms with Crippen LogP contribution in [0.25, 0.3) is 0 Å². The summed E-state index contributed by atoms with van der Waals surface area (Å²) < 4.78 is 46.3. The van der Waals surface area contributed by atoms with Crippen molar-refractivity contribution in [3.8, 4) is 11.5 Å². The van der Waals surface area contributed by atoms with Gasteiger partial charge in [-0.05, 0) is 31.4 Å². The van der Waals surface area contributed by atoms with Crippen molar-refractivity contribution < 1.29 is 22.3 Å². The Hall–Kier alpha value is -1.34. The molecule has 0 saturated heterocycles. The average Bonchev–Trinajstić information content (AvgIpc) is 2.37. The molecule has 1 aromatic carbocycles. The fraction of sp³-hybridized carbons (Fsp3) is 0.538. The molecule has 0 spiro atoms. The highest BCUT2D eigenvalue weighted by Gasteiger charge is 2.28. The summed E-state index contributed by atoms with van der Waals surface area (Å²) in [5, 5.41) is 3.83. The molecule has 0 saturated carbocycles. The summed E-state index contributed by atoms with van der Waals surface area (Å²) in [6.07, 6.45) is -1.07. The van der Waals surface area contributed by atoms with Crippen LogP contribution in [0.4, 0.5) is 4.39 Å². The van der Waals surface area contributed by atoms with Gasteiger partial charge in [0.05, 0.1) is 14.2 Å². The number of ether oxygens (including phenoxy) is 2. The van der Waals surface area contributed by atoms with Gasteiger partial charge >= 0.3 is 0 Å². The number of hydrogen-bond acceptors (Lipinski definition) is 4. The van der Waals surface area contributed by atoms with E-state index in [-0.39, 0.29) is 6.42 Å². The molecule has 0 radical (unpaired) electrons. The number of methoxy groups -OCH3 is 2. The van der Waals surface area contributed by atoms with E-state index in [1.54, 1.807) is 18.2 Å². The summed E-state index contributed by atoms with van der Waals surface area (Å²) in [6, 6.07) is 5.20. The van der Waals surface area contributed by atoms with E-state index in [9.17, 15) is 12.8 Å². The predicted molar refractivity (Wildman–Crippen MR) is 75.3 cm³/mol. The lowest BCUT2D eigenvalue weighted by Gasteiger charge is -2.17. The van der Waals surface area contributed by atoms with Gasteiger partial charge in [-0.25, -0.2) is 17.9 Å². The van der Waals surface area contributed by atoms with Gasteiger partial charge in [0, 0.05) is 6.07 Å². The molecule has 0 heterocycles. The summed E-state index contributed by atoms with van der Waals surface area (Å²) in [4.78, 5) is 0. The van der Waals surface area contributed by atoms with E-state index in [1.165, 1.54) is 21.1 Å². The third-order valence-electron chi connectivity index (χ3n) is 3.13. The van der Waals surface area contributed by atoms with Crippen LogP contribution in [0.1, 0.15) is 18.9 Å². The zero-order valence-corrected chi connectivity index (χ0v) is 12.6. The molecule has 0 amide bonds. The van der Waals surface area contributed by atoms with Gasteiger partial charge < -0.3 is 9.47 Å². The Morgan fingerprint density at radius 2 is 1.95 bits per heavy atom. The second-order valence-electron chi connectivity index (χ2n) is 4.52. The number of benzene rings is 1. The van der Waals surface area contributed by atoms with Crippen LogP contribution in [0.2, 0.25) is 0 Å². The number of sulfonamides is 1. The molecular formula is C13H20FNO4S. The number of nitrogens with two attached hydrogens (primary N) is 1. The highest BCUT2D eigenvalue weighted by molar-refractivity contribution is 7.89. The van der Waals surface area contributed by atoms with Gasteiger partial charge in [-0.3, -0.25) is 0 Å². The van der Waals surface area contributed by atoms with Crippen LogP contribution in [-0.2, 0) is 16.4 Å². The van der Waals surface area contributed by atoms with Crippen LogP contribution in [-0.4, -0.2) is 34.1 Å². The van der Waals surface area contributed by atoms with Crippen molar-refractivity contribution in [2.24, 2.45) is 5.14 Å². The molecule has 20 heavy (non-hydrogen) atoms. The maximum atomic E-state index is 13.4. The highest BCUT2D eigenvalue weighted by atomic mass is 32.2. The first kappa shape index (κ1) is 16.7. The third-order valence-corrected chi connectivity index (χ3v) is 4.58. The van der Waals surface area contributed by atoms with Crippen LogP contribution in [0.15, 0.2) is 18.2 Å². The predicted octanol–water partition coefficient (Wildman–Crippen LogP) is 1.65. The zero-order valence-electron chi connectivity index (χ0n) is 11.8. The van der Waals surface area contributed by atoms with Crippen LogP contribution in [0.3, 0.4) is 0 Å². The fourth-order valence-electron chi connectivity index (χ4n) is 2.01. The molecule has 1 aromatic rings. The number of primary sulfonamides is 1. The fourth-order valence-corrected chi connectivity index (χ4v) is 2.98. The zero-order chi connectivity index (χ0) is 15.3. The quantitative estimate of drug-likeness (QED) is 0.831. The normalized spacial score (nSPS) is 14.7. The van der Waals surface area contributed by atoms with Crippen LogP contribution in [0.5, 0.6) is 11.5 Å². The largest absolute Gasteiger partial charge is 0.497 e. The Balaban J connectivity index is 2.88. The van der Waals surface area contributed by atoms with Crippen molar-refractivity contribution in [1.82, 2.24) is 0 Å². The Morgan fingerprint density at radius 3 is 2.40 bits per heavy atom. The SMILES string of the molecule is COc1ccc(CCC(C(C)F)S(N)(=O)=O)c(OC)c1. The van der Waals surface area contributed by atoms with Gasteiger partial charge in [0.1, 0.15) is 22.9 Å². The van der Waals surface area contributed by atoms with Crippen molar-refractivity contribution >= 4 is 10.0 Å². The molecule has 0 bridgehead atoms. The second-order valence-corrected chi connectivity index (χ2v) is 6.31. The highest BCUT2D eigenvalue weighted by Crippen LogP contribution is 2.27. The molecule has 0 aromatic heterocycles. The van der Waals surface area contributed by atoms with Crippen molar-refractivity contribution in [2.75, 3.05) is 14.2 Å². The number of rotatable bonds is 7. The molecule has 5 nitrogen and oxygen atoms in total. The van der Waals surface area contributed by atoms with Crippen molar-refractivity contribution in [1.29, 1.82) is 0 Å². The summed E-state index contributed by atoms with van der Waals surface area (Å²) in [6.45, 7) is 1.19. The first-order valence-electron chi connectivity index (χ1n) is 6.16. The molecular weight excluding hydrogens is 285 g/mol. The lowest BCUT2D eigenvalue weighted by Crippen LogP contribution is -2.35. The monoisotopic (exact) mass is 305 g/mol. The lowest BCUT2D eigenvalue weighted by molar-refractivity contribution is 0.333. The van der Waals surface area contributed by atoms with Gasteiger partial charge in [-0.1, -0.05) is 6.07 Å². The molecule has 0 aliphatic heterocycles. The number of alkyl halides is 1. The van der Waals surface area contributed by atoms with E-state index in [2.05, 4.69) is 0 Å². The molecule has 0 aliphatic carbocycles. The second kappa shape index (κ2) is 6.90. The van der Waals surface area contributed by atoms with Gasteiger partial charge in [0.15, 0.2) is 0 Å². The molecule has 0 aliphatic rings. The summed E-state index contributed by atoms with van der Waals surface area (Å²) in [5.41, 5.74) is 0.780. The number of halogens is 1. The molecule has 2 atom stereocenters. The Kier molecular flexibility index (Phi) is 5.76. The van der Waals surface area contributed by atoms with Crippen molar-refractivity contribution in [3.63, 3.8) is 0 Å². The minimum absolute atomic E-state index is 0.0964. The molecule has 0 fully saturated rings. The van der Waals surface area contributed by atoms with E-state index in [4.69, 9.17) is 14.6 Å². The summed E-state index contributed by atoms with van der Waals surface area (Å²) in [7, 11) is -0.862. The minimum Gasteiger partial charge on any atom is -0.497 e. The van der Waals surface area contributed by atoms with E-state index >= 15 is 0 Å². The van der Waals surface area contributed by atoms with Crippen LogP contribution >= 0.6 is 0 Å². The van der Waals surface area contributed by atoms with Gasteiger partial charge in [-0.15, -0.1) is 0 Å². The summed E-state index contributed by atoms with van der Waals surface area (Å²) in [5.74, 6) is 1.21. The molecule has 1 rings (SSSR count). The molecule has 114 valence electrons. The Labute approximate surface area is 118 Å². The minimum atomic E-state index is -3.91. The maximum Gasteiger partial charge on any atom is 0.214 e. The van der Waals surface area contributed by atoms with Gasteiger partial charge in [0.25, 0.3) is 0 Å². The first-order valence-corrected chi connectivity index (χ1v) is 7.77. The summed E-state index contributed by atoms with van der Waals surface area (Å²) >= 11 is 0. The number of hydrogen-bond donors (Lipinski definition) is 1. The molecule has 2 N–H and O–H groups in total. The van der Waals surface area contributed by atoms with Crippen molar-refractivity contribution in [3.05, 3.63) is 23.8 Å². The van der Waals surface area contributed by atoms with Gasteiger partial charge in [0.2, 0.25) is 10.0 Å². The number of aryl methyl sites for hydroxylation is 1. The maximum absolute atomic E-state index is 13.4. The average molecular weight is 305 g/mol. The molecule has 7 heteroatoms. The first-order chi connectivity index (χ1) is 9.29. The van der Waals surface area contributed by atoms with E-state index in [0.29, 0.717) is 17.9 Å². The van der Waals surface area contributed by atoms with Crippen LogP contribution in [0, 0.1) is 0 Å². The lowest BCUT2D eigenvalue weighted by atomic mass is 10.1. The smallest absolute Gasteiger partial charge is 0.214 e. The topological polar surface area (TPSA) is 78.6 Å². The van der Waals surface area contributed by atoms with Crippen LogP contribution < -0.4 is 14.6 Å².